The van der Waals surface area contributed by atoms with Crippen LogP contribution in [-0.2, 0) is 22.4 Å². The third-order valence-electron chi connectivity index (χ3n) is 5.69. The number of carbonyl (C=O) groups excluding carboxylic acids is 2. The Morgan fingerprint density at radius 1 is 1.00 bits per heavy atom. The van der Waals surface area contributed by atoms with Gasteiger partial charge in [0.25, 0.3) is 0 Å². The van der Waals surface area contributed by atoms with E-state index in [0.717, 1.165) is 31.2 Å². The van der Waals surface area contributed by atoms with Crippen molar-refractivity contribution in [3.63, 3.8) is 0 Å². The smallest absolute Gasteiger partial charge is 0.224 e. The molecule has 0 aliphatic carbocycles. The minimum absolute atomic E-state index is 0.0337. The van der Waals surface area contributed by atoms with Gasteiger partial charge >= 0.3 is 0 Å². The number of nitrogens with one attached hydrogen (secondary N) is 1. The third-order valence-corrected chi connectivity index (χ3v) is 5.69. The molecular weight excluding hydrogens is 348 g/mol. The number of hydrogen-bond acceptors (Lipinski definition) is 2. The predicted molar refractivity (Wildman–Crippen MR) is 112 cm³/mol. The first-order chi connectivity index (χ1) is 13.6. The minimum Gasteiger partial charge on any atom is -0.355 e. The van der Waals surface area contributed by atoms with Crippen molar-refractivity contribution in [2.75, 3.05) is 13.1 Å². The molecule has 2 amide bonds. The summed E-state index contributed by atoms with van der Waals surface area (Å²) in [6.07, 6.45) is 3.46. The molecule has 3 rings (SSSR count). The van der Waals surface area contributed by atoms with E-state index in [4.69, 9.17) is 0 Å². The Labute approximate surface area is 167 Å². The molecule has 0 radical (unpaired) electrons. The number of aryl methyl sites for hydroxylation is 1. The normalized spacial score (nSPS) is 19.3. The quantitative estimate of drug-likeness (QED) is 0.829. The highest BCUT2D eigenvalue weighted by Gasteiger charge is 2.34. The van der Waals surface area contributed by atoms with Crippen LogP contribution in [0.2, 0.25) is 0 Å². The maximum absolute atomic E-state index is 12.6. The molecule has 0 aromatic heterocycles. The van der Waals surface area contributed by atoms with Gasteiger partial charge in [0.15, 0.2) is 0 Å². The number of piperidine rings is 1. The van der Waals surface area contributed by atoms with Crippen molar-refractivity contribution >= 4 is 11.8 Å². The number of rotatable bonds is 6. The van der Waals surface area contributed by atoms with Crippen molar-refractivity contribution in [1.29, 1.82) is 0 Å². The minimum atomic E-state index is -0.133. The zero-order valence-electron chi connectivity index (χ0n) is 16.9. The summed E-state index contributed by atoms with van der Waals surface area (Å²) >= 11 is 0. The van der Waals surface area contributed by atoms with Crippen LogP contribution in [0.5, 0.6) is 0 Å². The number of hydrogen-bond donors (Lipinski definition) is 1. The largest absolute Gasteiger partial charge is 0.355 e. The molecule has 1 heterocycles. The molecule has 1 fully saturated rings. The lowest BCUT2D eigenvalue weighted by atomic mass is 9.88. The molecule has 4 nitrogen and oxygen atoms in total. The van der Waals surface area contributed by atoms with Crippen molar-refractivity contribution in [2.45, 2.75) is 45.6 Å². The van der Waals surface area contributed by atoms with Crippen LogP contribution in [0.3, 0.4) is 0 Å². The van der Waals surface area contributed by atoms with E-state index in [1.165, 1.54) is 11.1 Å². The molecule has 2 aromatic rings. The summed E-state index contributed by atoms with van der Waals surface area (Å²) < 4.78 is 0. The van der Waals surface area contributed by atoms with E-state index >= 15 is 0 Å². The molecule has 1 aliphatic heterocycles. The van der Waals surface area contributed by atoms with Crippen molar-refractivity contribution in [1.82, 2.24) is 10.2 Å². The van der Waals surface area contributed by atoms with Gasteiger partial charge in [0.2, 0.25) is 11.8 Å². The highest BCUT2D eigenvalue weighted by Crippen LogP contribution is 2.33. The SMILES string of the molecule is CCc1ccc([C@H]2CC[C@@H](C(=O)NCCc3ccccc3)CN2C(C)=O)cc1. The zero-order chi connectivity index (χ0) is 19.9. The topological polar surface area (TPSA) is 49.4 Å². The van der Waals surface area contributed by atoms with Crippen molar-refractivity contribution in [3.8, 4) is 0 Å². The molecule has 2 atom stereocenters. The zero-order valence-corrected chi connectivity index (χ0v) is 16.9. The van der Waals surface area contributed by atoms with Gasteiger partial charge in [0.1, 0.15) is 0 Å². The van der Waals surface area contributed by atoms with E-state index in [9.17, 15) is 9.59 Å². The number of carbonyl (C=O) groups is 2. The summed E-state index contributed by atoms with van der Waals surface area (Å²) in [7, 11) is 0. The maximum Gasteiger partial charge on any atom is 0.224 e. The van der Waals surface area contributed by atoms with Crippen LogP contribution in [0.25, 0.3) is 0 Å². The molecule has 0 bridgehead atoms. The average Bonchev–Trinajstić information content (AvgIpc) is 2.74. The van der Waals surface area contributed by atoms with Crippen molar-refractivity contribution in [3.05, 3.63) is 71.3 Å². The summed E-state index contributed by atoms with van der Waals surface area (Å²) in [4.78, 5) is 26.8. The molecule has 28 heavy (non-hydrogen) atoms. The van der Waals surface area contributed by atoms with Gasteiger partial charge in [-0.25, -0.2) is 0 Å². The van der Waals surface area contributed by atoms with E-state index in [-0.39, 0.29) is 23.8 Å². The third kappa shape index (κ3) is 5.00. The van der Waals surface area contributed by atoms with E-state index in [1.54, 1.807) is 6.92 Å². The highest BCUT2D eigenvalue weighted by atomic mass is 16.2. The first kappa shape index (κ1) is 20.1. The van der Waals surface area contributed by atoms with Gasteiger partial charge in [-0.05, 0) is 42.4 Å². The predicted octanol–water partition coefficient (Wildman–Crippen LogP) is 3.91. The van der Waals surface area contributed by atoms with Gasteiger partial charge in [0.05, 0.1) is 12.0 Å². The van der Waals surface area contributed by atoms with Crippen LogP contribution in [0.4, 0.5) is 0 Å². The van der Waals surface area contributed by atoms with E-state index in [2.05, 4.69) is 48.6 Å². The second-order valence-corrected chi connectivity index (χ2v) is 7.58. The number of benzene rings is 2. The second kappa shape index (κ2) is 9.54. The summed E-state index contributed by atoms with van der Waals surface area (Å²) in [6.45, 7) is 4.86. The van der Waals surface area contributed by atoms with Crippen molar-refractivity contribution in [2.24, 2.45) is 5.92 Å². The molecule has 1 saturated heterocycles. The van der Waals surface area contributed by atoms with Crippen LogP contribution >= 0.6 is 0 Å². The van der Waals surface area contributed by atoms with E-state index in [0.29, 0.717) is 13.1 Å². The van der Waals surface area contributed by atoms with Crippen LogP contribution in [-0.4, -0.2) is 29.8 Å². The Hall–Kier alpha value is -2.62. The lowest BCUT2D eigenvalue weighted by Crippen LogP contribution is -2.46. The van der Waals surface area contributed by atoms with Gasteiger partial charge in [-0.1, -0.05) is 61.5 Å². The van der Waals surface area contributed by atoms with E-state index < -0.39 is 0 Å². The Morgan fingerprint density at radius 3 is 2.36 bits per heavy atom. The molecular formula is C24H30N2O2. The fraction of sp³-hybridized carbons (Fsp3) is 0.417. The summed E-state index contributed by atoms with van der Waals surface area (Å²) in [5.41, 5.74) is 3.67. The van der Waals surface area contributed by atoms with Crippen LogP contribution in [0, 0.1) is 5.92 Å². The first-order valence-electron chi connectivity index (χ1n) is 10.3. The molecule has 2 aromatic carbocycles. The van der Waals surface area contributed by atoms with Gasteiger partial charge in [0, 0.05) is 20.0 Å². The standard InChI is InChI=1S/C24H30N2O2/c1-3-19-9-11-21(12-10-19)23-14-13-22(17-26(23)18(2)27)24(28)25-16-15-20-7-5-4-6-8-20/h4-12,22-23H,3,13-17H2,1-2H3,(H,25,28)/t22-,23-/m1/s1. The number of amides is 2. The second-order valence-electron chi connectivity index (χ2n) is 7.58. The van der Waals surface area contributed by atoms with Gasteiger partial charge < -0.3 is 10.2 Å². The first-order valence-corrected chi connectivity index (χ1v) is 10.3. The van der Waals surface area contributed by atoms with Gasteiger partial charge in [-0.3, -0.25) is 9.59 Å². The number of likely N-dealkylation sites (tertiary alicyclic amines) is 1. The molecule has 1 aliphatic rings. The fourth-order valence-corrected chi connectivity index (χ4v) is 3.97. The molecule has 1 N–H and O–H groups in total. The monoisotopic (exact) mass is 378 g/mol. The molecule has 148 valence electrons. The van der Waals surface area contributed by atoms with Gasteiger partial charge in [-0.15, -0.1) is 0 Å². The Bertz CT molecular complexity index is 786. The average molecular weight is 379 g/mol. The molecule has 0 spiro atoms. The Balaban J connectivity index is 1.58. The summed E-state index contributed by atoms with van der Waals surface area (Å²) in [5, 5.41) is 3.05. The van der Waals surface area contributed by atoms with Crippen LogP contribution < -0.4 is 5.32 Å². The van der Waals surface area contributed by atoms with Crippen LogP contribution in [0.15, 0.2) is 54.6 Å². The lowest BCUT2D eigenvalue weighted by Gasteiger charge is -2.39. The number of nitrogens with zero attached hydrogens (tertiary/aromatic N) is 1. The molecule has 4 heteroatoms. The van der Waals surface area contributed by atoms with Crippen LogP contribution in [0.1, 0.15) is 49.4 Å². The Morgan fingerprint density at radius 2 is 1.71 bits per heavy atom. The molecule has 0 saturated carbocycles. The summed E-state index contributed by atoms with van der Waals surface area (Å²) in [5.74, 6) is -0.0424. The van der Waals surface area contributed by atoms with E-state index in [1.807, 2.05) is 23.1 Å². The fourth-order valence-electron chi connectivity index (χ4n) is 3.97. The summed E-state index contributed by atoms with van der Waals surface area (Å²) in [6, 6.07) is 18.7. The van der Waals surface area contributed by atoms with Crippen molar-refractivity contribution < 1.29 is 9.59 Å². The van der Waals surface area contributed by atoms with Gasteiger partial charge in [-0.2, -0.15) is 0 Å². The maximum atomic E-state index is 12.6. The molecule has 0 unspecified atom stereocenters. The Kier molecular flexibility index (Phi) is 6.85. The highest BCUT2D eigenvalue weighted by molar-refractivity contribution is 5.81. The lowest BCUT2D eigenvalue weighted by molar-refractivity contribution is -0.137.